The number of nitrogens with one attached hydrogen (secondary N) is 1. The van der Waals surface area contributed by atoms with Crippen molar-refractivity contribution in [2.75, 3.05) is 11.5 Å². The molecule has 0 spiro atoms. The van der Waals surface area contributed by atoms with Gasteiger partial charge in [-0.2, -0.15) is 16.9 Å². The van der Waals surface area contributed by atoms with Gasteiger partial charge < -0.3 is 0 Å². The molecule has 2 rings (SSSR count). The van der Waals surface area contributed by atoms with E-state index in [1.165, 1.54) is 17.9 Å². The van der Waals surface area contributed by atoms with Gasteiger partial charge in [0.05, 0.1) is 0 Å². The average molecular weight is 196 g/mol. The molecule has 0 radical (unpaired) electrons. The van der Waals surface area contributed by atoms with Crippen LogP contribution in [0.25, 0.3) is 0 Å². The largest absolute Gasteiger partial charge is 0.296 e. The van der Waals surface area contributed by atoms with Gasteiger partial charge in [0.2, 0.25) is 0 Å². The number of hydrogen-bond acceptors (Lipinski definition) is 3. The van der Waals surface area contributed by atoms with Crippen molar-refractivity contribution in [3.05, 3.63) is 17.5 Å². The molecule has 1 atom stereocenters. The van der Waals surface area contributed by atoms with E-state index in [1.54, 1.807) is 0 Å². The van der Waals surface area contributed by atoms with Crippen molar-refractivity contribution in [1.29, 1.82) is 0 Å². The van der Waals surface area contributed by atoms with E-state index in [0.717, 1.165) is 24.3 Å². The third-order valence-corrected chi connectivity index (χ3v) is 3.54. The number of rotatable bonds is 3. The van der Waals surface area contributed by atoms with E-state index in [4.69, 9.17) is 0 Å². The molecule has 0 aliphatic carbocycles. The first-order valence-corrected chi connectivity index (χ1v) is 5.61. The topological polar surface area (TPSA) is 45.8 Å². The van der Waals surface area contributed by atoms with Crippen molar-refractivity contribution in [2.45, 2.75) is 12.8 Å². The third kappa shape index (κ3) is 2.12. The van der Waals surface area contributed by atoms with E-state index >= 15 is 0 Å². The van der Waals surface area contributed by atoms with Crippen LogP contribution in [-0.2, 0) is 6.42 Å². The van der Waals surface area contributed by atoms with Crippen molar-refractivity contribution < 1.29 is 4.79 Å². The Morgan fingerprint density at radius 2 is 2.69 bits per heavy atom. The molecule has 3 nitrogen and oxygen atoms in total. The number of carbonyl (C=O) groups excluding carboxylic acids is 1. The van der Waals surface area contributed by atoms with Gasteiger partial charge in [-0.1, -0.05) is 0 Å². The first-order valence-electron chi connectivity index (χ1n) is 4.45. The van der Waals surface area contributed by atoms with Crippen LogP contribution < -0.4 is 0 Å². The Labute approximate surface area is 81.3 Å². The molecule has 1 fully saturated rings. The van der Waals surface area contributed by atoms with E-state index < -0.39 is 0 Å². The normalized spacial score (nSPS) is 22.0. The molecule has 0 bridgehead atoms. The van der Waals surface area contributed by atoms with Crippen LogP contribution in [0.4, 0.5) is 0 Å². The molecule has 13 heavy (non-hydrogen) atoms. The first-order chi connectivity index (χ1) is 6.38. The lowest BCUT2D eigenvalue weighted by atomic mass is 10.0. The summed E-state index contributed by atoms with van der Waals surface area (Å²) in [6.45, 7) is 0. The van der Waals surface area contributed by atoms with Crippen LogP contribution in [0.1, 0.15) is 22.6 Å². The second-order valence-electron chi connectivity index (χ2n) is 3.37. The van der Waals surface area contributed by atoms with Gasteiger partial charge in [0, 0.05) is 5.69 Å². The van der Waals surface area contributed by atoms with Gasteiger partial charge in [-0.3, -0.25) is 9.89 Å². The minimum atomic E-state index is 0.514. The van der Waals surface area contributed by atoms with Crippen molar-refractivity contribution in [2.24, 2.45) is 5.92 Å². The molecule has 0 aromatic carbocycles. The second-order valence-corrected chi connectivity index (χ2v) is 4.52. The minimum Gasteiger partial charge on any atom is -0.296 e. The number of H-pyrrole nitrogens is 1. The Morgan fingerprint density at radius 3 is 3.31 bits per heavy atom. The van der Waals surface area contributed by atoms with Crippen LogP contribution in [0.15, 0.2) is 6.07 Å². The number of thioether (sulfide) groups is 1. The third-order valence-electron chi connectivity index (χ3n) is 2.30. The van der Waals surface area contributed by atoms with Crippen LogP contribution in [-0.4, -0.2) is 28.0 Å². The van der Waals surface area contributed by atoms with Gasteiger partial charge in [0.15, 0.2) is 6.29 Å². The van der Waals surface area contributed by atoms with Gasteiger partial charge in [-0.05, 0) is 36.3 Å². The predicted octanol–water partition coefficient (Wildman–Crippen LogP) is 1.52. The van der Waals surface area contributed by atoms with Gasteiger partial charge in [-0.15, -0.1) is 0 Å². The van der Waals surface area contributed by atoms with E-state index in [9.17, 15) is 4.79 Å². The lowest BCUT2D eigenvalue weighted by Crippen LogP contribution is -2.02. The second kappa shape index (κ2) is 3.96. The van der Waals surface area contributed by atoms with Crippen LogP contribution in [0.3, 0.4) is 0 Å². The van der Waals surface area contributed by atoms with Crippen LogP contribution in [0, 0.1) is 5.92 Å². The molecule has 4 heteroatoms. The summed E-state index contributed by atoms with van der Waals surface area (Å²) < 4.78 is 0. The summed E-state index contributed by atoms with van der Waals surface area (Å²) in [4.78, 5) is 10.4. The van der Waals surface area contributed by atoms with Crippen LogP contribution in [0.5, 0.6) is 0 Å². The molecule has 1 saturated heterocycles. The highest BCUT2D eigenvalue weighted by Gasteiger charge is 2.16. The summed E-state index contributed by atoms with van der Waals surface area (Å²) in [5.41, 5.74) is 1.61. The van der Waals surface area contributed by atoms with E-state index in [0.29, 0.717) is 5.69 Å². The molecule has 1 aliphatic heterocycles. The number of hydrogen-bond donors (Lipinski definition) is 1. The SMILES string of the molecule is O=Cc1cc(CC2CCSC2)[nH]n1. The van der Waals surface area contributed by atoms with Crippen molar-refractivity contribution in [1.82, 2.24) is 10.2 Å². The predicted molar refractivity (Wildman–Crippen MR) is 53.1 cm³/mol. The Balaban J connectivity index is 1.96. The summed E-state index contributed by atoms with van der Waals surface area (Å²) >= 11 is 2.01. The Kier molecular flexibility index (Phi) is 2.68. The molecule has 1 aromatic heterocycles. The zero-order valence-corrected chi connectivity index (χ0v) is 8.14. The summed E-state index contributed by atoms with van der Waals surface area (Å²) in [5.74, 6) is 3.29. The van der Waals surface area contributed by atoms with Crippen LogP contribution in [0.2, 0.25) is 0 Å². The smallest absolute Gasteiger partial charge is 0.170 e. The van der Waals surface area contributed by atoms with Gasteiger partial charge in [0.25, 0.3) is 0 Å². The van der Waals surface area contributed by atoms with Crippen molar-refractivity contribution in [3.63, 3.8) is 0 Å². The Morgan fingerprint density at radius 1 is 1.77 bits per heavy atom. The summed E-state index contributed by atoms with van der Waals surface area (Å²) in [5, 5.41) is 6.77. The van der Waals surface area contributed by atoms with E-state index in [-0.39, 0.29) is 0 Å². The zero-order chi connectivity index (χ0) is 9.10. The molecule has 70 valence electrons. The fourth-order valence-corrected chi connectivity index (χ4v) is 2.88. The highest BCUT2D eigenvalue weighted by molar-refractivity contribution is 7.99. The number of nitrogens with zero attached hydrogens (tertiary/aromatic N) is 1. The van der Waals surface area contributed by atoms with Crippen molar-refractivity contribution in [3.8, 4) is 0 Å². The van der Waals surface area contributed by atoms with Crippen molar-refractivity contribution >= 4 is 18.0 Å². The molecule has 0 saturated carbocycles. The number of aldehydes is 1. The fraction of sp³-hybridized carbons (Fsp3) is 0.556. The monoisotopic (exact) mass is 196 g/mol. The molecule has 1 N–H and O–H groups in total. The molecule has 1 aromatic rings. The maximum atomic E-state index is 10.4. The highest BCUT2D eigenvalue weighted by atomic mass is 32.2. The molecule has 0 amide bonds. The van der Waals surface area contributed by atoms with Gasteiger partial charge in [-0.25, -0.2) is 0 Å². The minimum absolute atomic E-state index is 0.514. The molecule has 1 unspecified atom stereocenters. The lowest BCUT2D eigenvalue weighted by molar-refractivity contribution is 0.111. The maximum absolute atomic E-state index is 10.4. The van der Waals surface area contributed by atoms with E-state index in [2.05, 4.69) is 10.2 Å². The van der Waals surface area contributed by atoms with Crippen LogP contribution >= 0.6 is 11.8 Å². The molecular weight excluding hydrogens is 184 g/mol. The Bertz CT molecular complexity index is 292. The average Bonchev–Trinajstić information content (AvgIpc) is 2.76. The number of aromatic nitrogens is 2. The van der Waals surface area contributed by atoms with Gasteiger partial charge >= 0.3 is 0 Å². The van der Waals surface area contributed by atoms with Gasteiger partial charge in [0.1, 0.15) is 5.69 Å². The fourth-order valence-electron chi connectivity index (χ4n) is 1.60. The maximum Gasteiger partial charge on any atom is 0.170 e. The lowest BCUT2D eigenvalue weighted by Gasteiger charge is -2.03. The molecule has 2 heterocycles. The first kappa shape index (κ1) is 8.81. The number of carbonyl (C=O) groups is 1. The Hall–Kier alpha value is -0.770. The standard InChI is InChI=1S/C9H12N2OS/c12-5-9-4-8(10-11-9)3-7-1-2-13-6-7/h4-5,7H,1-3,6H2,(H,10,11). The zero-order valence-electron chi connectivity index (χ0n) is 7.32. The van der Waals surface area contributed by atoms with E-state index in [1.807, 2.05) is 17.8 Å². The molecule has 1 aliphatic rings. The highest BCUT2D eigenvalue weighted by Crippen LogP contribution is 2.25. The quantitative estimate of drug-likeness (QED) is 0.745. The summed E-state index contributed by atoms with van der Waals surface area (Å²) in [6, 6.07) is 1.84. The summed E-state index contributed by atoms with van der Waals surface area (Å²) in [6.07, 6.45) is 3.11. The number of aromatic amines is 1. The summed E-state index contributed by atoms with van der Waals surface area (Å²) in [7, 11) is 0. The molecular formula is C9H12N2OS.